The van der Waals surface area contributed by atoms with E-state index in [9.17, 15) is 9.59 Å². The normalized spacial score (nSPS) is 13.2. The van der Waals surface area contributed by atoms with Crippen molar-refractivity contribution in [3.63, 3.8) is 0 Å². The molecule has 2 amide bonds. The first-order chi connectivity index (χ1) is 14.4. The molecule has 0 radical (unpaired) electrons. The topological polar surface area (TPSA) is 97.0 Å². The number of carbonyl (C=O) groups excluding carboxylic acids is 2. The van der Waals surface area contributed by atoms with Gasteiger partial charge in [-0.2, -0.15) is 5.10 Å². The fraction of sp³-hybridized carbons (Fsp3) is 0.238. The minimum absolute atomic E-state index is 0.0378. The van der Waals surface area contributed by atoms with E-state index in [1.54, 1.807) is 28.8 Å². The standard InChI is InChI=1S/C21H20ClN5O2S/c22-16-7-5-15(6-8-16)20-24-25-21(30)27(20)12-18(28)26(17-9-10-17)11-13-1-3-14(4-2-13)19(23)29/h1-8,17H,9-12H2,(H2,23,29)(H,25,30). The molecule has 1 aliphatic rings. The molecule has 1 aliphatic carbocycles. The van der Waals surface area contributed by atoms with E-state index in [1.807, 2.05) is 29.2 Å². The molecule has 3 aromatic rings. The number of aromatic nitrogens is 3. The molecule has 0 saturated heterocycles. The number of halogens is 1. The fourth-order valence-electron chi connectivity index (χ4n) is 3.29. The van der Waals surface area contributed by atoms with Crippen LogP contribution in [0.4, 0.5) is 0 Å². The molecule has 0 spiro atoms. The van der Waals surface area contributed by atoms with Crippen LogP contribution in [0.5, 0.6) is 0 Å². The van der Waals surface area contributed by atoms with Crippen LogP contribution in [0.1, 0.15) is 28.8 Å². The molecule has 0 bridgehead atoms. The van der Waals surface area contributed by atoms with Crippen molar-refractivity contribution in [2.75, 3.05) is 0 Å². The highest BCUT2D eigenvalue weighted by atomic mass is 35.5. The summed E-state index contributed by atoms with van der Waals surface area (Å²) in [5.74, 6) is 0.0801. The van der Waals surface area contributed by atoms with E-state index in [0.29, 0.717) is 27.7 Å². The Morgan fingerprint density at radius 1 is 1.17 bits per heavy atom. The van der Waals surface area contributed by atoms with Gasteiger partial charge in [0.1, 0.15) is 6.54 Å². The zero-order chi connectivity index (χ0) is 21.3. The second-order valence-electron chi connectivity index (χ2n) is 7.26. The van der Waals surface area contributed by atoms with Gasteiger partial charge in [-0.25, -0.2) is 0 Å². The molecule has 9 heteroatoms. The summed E-state index contributed by atoms with van der Waals surface area (Å²) in [4.78, 5) is 26.3. The zero-order valence-corrected chi connectivity index (χ0v) is 17.6. The Bertz CT molecular complexity index is 1130. The number of benzene rings is 2. The van der Waals surface area contributed by atoms with Crippen LogP contribution < -0.4 is 5.73 Å². The SMILES string of the molecule is NC(=O)c1ccc(CN(C(=O)Cn2c(-c3ccc(Cl)cc3)n[nH]c2=S)C2CC2)cc1. The zero-order valence-electron chi connectivity index (χ0n) is 16.0. The molecule has 3 N–H and O–H groups in total. The van der Waals surface area contributed by atoms with Crippen LogP contribution in [-0.2, 0) is 17.9 Å². The largest absolute Gasteiger partial charge is 0.366 e. The summed E-state index contributed by atoms with van der Waals surface area (Å²) in [5, 5.41) is 7.68. The number of primary amides is 1. The lowest BCUT2D eigenvalue weighted by Gasteiger charge is -2.23. The maximum Gasteiger partial charge on any atom is 0.248 e. The Balaban J connectivity index is 1.54. The molecule has 0 aliphatic heterocycles. The first-order valence-electron chi connectivity index (χ1n) is 9.52. The number of amides is 2. The van der Waals surface area contributed by atoms with E-state index < -0.39 is 5.91 Å². The average molecular weight is 442 g/mol. The quantitative estimate of drug-likeness (QED) is 0.548. The van der Waals surface area contributed by atoms with E-state index in [4.69, 9.17) is 29.6 Å². The number of nitrogens with zero attached hydrogens (tertiary/aromatic N) is 3. The second kappa shape index (κ2) is 8.41. The third-order valence-corrected chi connectivity index (χ3v) is 5.62. The van der Waals surface area contributed by atoms with Crippen molar-refractivity contribution in [1.29, 1.82) is 0 Å². The van der Waals surface area contributed by atoms with Crippen LogP contribution in [0.2, 0.25) is 5.02 Å². The summed E-state index contributed by atoms with van der Waals surface area (Å²) in [6.07, 6.45) is 1.96. The highest BCUT2D eigenvalue weighted by molar-refractivity contribution is 7.71. The predicted octanol–water partition coefficient (Wildman–Crippen LogP) is 3.55. The molecule has 1 saturated carbocycles. The van der Waals surface area contributed by atoms with E-state index >= 15 is 0 Å². The summed E-state index contributed by atoms with van der Waals surface area (Å²) in [7, 11) is 0. The molecular weight excluding hydrogens is 422 g/mol. The lowest BCUT2D eigenvalue weighted by atomic mass is 10.1. The monoisotopic (exact) mass is 441 g/mol. The fourth-order valence-corrected chi connectivity index (χ4v) is 3.61. The van der Waals surface area contributed by atoms with Crippen LogP contribution in [0, 0.1) is 4.77 Å². The van der Waals surface area contributed by atoms with Crippen LogP contribution in [-0.4, -0.2) is 37.5 Å². The highest BCUT2D eigenvalue weighted by Gasteiger charge is 2.33. The molecule has 0 atom stereocenters. The number of hydrogen-bond acceptors (Lipinski definition) is 4. The summed E-state index contributed by atoms with van der Waals surface area (Å²) in [5.41, 5.74) is 7.50. The van der Waals surface area contributed by atoms with Crippen LogP contribution >= 0.6 is 23.8 Å². The Labute approximate surface area is 183 Å². The van der Waals surface area contributed by atoms with Crippen molar-refractivity contribution >= 4 is 35.6 Å². The van der Waals surface area contributed by atoms with Crippen molar-refractivity contribution in [1.82, 2.24) is 19.7 Å². The van der Waals surface area contributed by atoms with Crippen LogP contribution in [0.3, 0.4) is 0 Å². The molecule has 4 rings (SSSR count). The number of aromatic amines is 1. The van der Waals surface area contributed by atoms with Gasteiger partial charge in [-0.1, -0.05) is 23.7 Å². The van der Waals surface area contributed by atoms with Crippen molar-refractivity contribution in [3.05, 3.63) is 69.5 Å². The summed E-state index contributed by atoms with van der Waals surface area (Å²) in [6, 6.07) is 14.4. The molecule has 1 heterocycles. The highest BCUT2D eigenvalue weighted by Crippen LogP contribution is 2.29. The third kappa shape index (κ3) is 4.44. The summed E-state index contributed by atoms with van der Waals surface area (Å²) < 4.78 is 2.08. The van der Waals surface area contributed by atoms with Crippen molar-refractivity contribution < 1.29 is 9.59 Å². The minimum Gasteiger partial charge on any atom is -0.366 e. The molecular formula is C21H20ClN5O2S. The summed E-state index contributed by atoms with van der Waals surface area (Å²) in [6.45, 7) is 0.549. The average Bonchev–Trinajstić information content (AvgIpc) is 3.51. The Kier molecular flexibility index (Phi) is 5.69. The molecule has 1 aromatic heterocycles. The number of rotatable bonds is 7. The molecule has 7 nitrogen and oxygen atoms in total. The van der Waals surface area contributed by atoms with Gasteiger partial charge in [0.05, 0.1) is 0 Å². The van der Waals surface area contributed by atoms with Crippen molar-refractivity contribution in [2.45, 2.75) is 32.0 Å². The molecule has 1 fully saturated rings. The van der Waals surface area contributed by atoms with Crippen LogP contribution in [0.25, 0.3) is 11.4 Å². The molecule has 154 valence electrons. The Morgan fingerprint density at radius 3 is 2.43 bits per heavy atom. The van der Waals surface area contributed by atoms with E-state index in [1.165, 1.54) is 0 Å². The van der Waals surface area contributed by atoms with E-state index in [-0.39, 0.29) is 18.5 Å². The maximum absolute atomic E-state index is 13.2. The molecule has 30 heavy (non-hydrogen) atoms. The maximum atomic E-state index is 13.2. The Morgan fingerprint density at radius 2 is 1.83 bits per heavy atom. The summed E-state index contributed by atoms with van der Waals surface area (Å²) >= 11 is 11.3. The van der Waals surface area contributed by atoms with Gasteiger partial charge < -0.3 is 10.6 Å². The Hall–Kier alpha value is -2.97. The van der Waals surface area contributed by atoms with Gasteiger partial charge in [-0.3, -0.25) is 19.3 Å². The third-order valence-electron chi connectivity index (χ3n) is 5.05. The van der Waals surface area contributed by atoms with Crippen molar-refractivity contribution in [3.8, 4) is 11.4 Å². The van der Waals surface area contributed by atoms with Crippen LogP contribution in [0.15, 0.2) is 48.5 Å². The number of carbonyl (C=O) groups is 2. The number of nitrogens with one attached hydrogen (secondary N) is 1. The predicted molar refractivity (Wildman–Crippen MR) is 116 cm³/mol. The van der Waals surface area contributed by atoms with E-state index in [2.05, 4.69) is 10.2 Å². The second-order valence-corrected chi connectivity index (χ2v) is 8.08. The van der Waals surface area contributed by atoms with E-state index in [0.717, 1.165) is 24.0 Å². The van der Waals surface area contributed by atoms with Gasteiger partial charge in [0.15, 0.2) is 10.6 Å². The smallest absolute Gasteiger partial charge is 0.248 e. The first-order valence-corrected chi connectivity index (χ1v) is 10.3. The van der Waals surface area contributed by atoms with Gasteiger partial charge in [0.2, 0.25) is 11.8 Å². The van der Waals surface area contributed by atoms with Crippen molar-refractivity contribution in [2.24, 2.45) is 5.73 Å². The minimum atomic E-state index is -0.472. The van der Waals surface area contributed by atoms with Gasteiger partial charge in [-0.05, 0) is 67.0 Å². The number of nitrogens with two attached hydrogens (primary N) is 1. The lowest BCUT2D eigenvalue weighted by molar-refractivity contribution is -0.133. The first kappa shape index (κ1) is 20.3. The van der Waals surface area contributed by atoms with Gasteiger partial charge >= 0.3 is 0 Å². The molecule has 2 aromatic carbocycles. The lowest BCUT2D eigenvalue weighted by Crippen LogP contribution is -2.35. The molecule has 0 unspecified atom stereocenters. The van der Waals surface area contributed by atoms with Gasteiger partial charge in [0, 0.05) is 28.7 Å². The number of hydrogen-bond donors (Lipinski definition) is 2. The van der Waals surface area contributed by atoms with Gasteiger partial charge in [0.25, 0.3) is 0 Å². The van der Waals surface area contributed by atoms with Gasteiger partial charge in [-0.15, -0.1) is 0 Å². The number of H-pyrrole nitrogens is 1.